The van der Waals surface area contributed by atoms with E-state index in [4.69, 9.17) is 5.73 Å². The zero-order chi connectivity index (χ0) is 11.7. The van der Waals surface area contributed by atoms with Gasteiger partial charge in [0.15, 0.2) is 0 Å². The first kappa shape index (κ1) is 11.9. The van der Waals surface area contributed by atoms with Crippen LogP contribution < -0.4 is 5.73 Å². The summed E-state index contributed by atoms with van der Waals surface area (Å²) < 4.78 is 0. The fourth-order valence-corrected chi connectivity index (χ4v) is 2.52. The lowest BCUT2D eigenvalue weighted by atomic mass is 9.89. The van der Waals surface area contributed by atoms with Crippen LogP contribution in [0.1, 0.15) is 32.6 Å². The van der Waals surface area contributed by atoms with Crippen LogP contribution in [0.4, 0.5) is 0 Å². The molecule has 4 heteroatoms. The van der Waals surface area contributed by atoms with E-state index in [9.17, 15) is 9.90 Å². The van der Waals surface area contributed by atoms with E-state index in [1.165, 1.54) is 12.8 Å². The molecule has 1 heterocycles. The molecule has 0 unspecified atom stereocenters. The number of amides is 1. The van der Waals surface area contributed by atoms with Crippen molar-refractivity contribution in [3.05, 3.63) is 0 Å². The first-order chi connectivity index (χ1) is 7.58. The van der Waals surface area contributed by atoms with E-state index in [2.05, 4.69) is 0 Å². The van der Waals surface area contributed by atoms with Crippen LogP contribution in [0.2, 0.25) is 0 Å². The highest BCUT2D eigenvalue weighted by molar-refractivity contribution is 5.81. The number of carbonyl (C=O) groups is 1. The molecular weight excluding hydrogens is 204 g/mol. The second-order valence-corrected chi connectivity index (χ2v) is 5.37. The molecule has 1 aliphatic carbocycles. The molecule has 0 radical (unpaired) electrons. The topological polar surface area (TPSA) is 66.6 Å². The molecule has 3 N–H and O–H groups in total. The lowest BCUT2D eigenvalue weighted by molar-refractivity contribution is -0.136. The first-order valence-electron chi connectivity index (χ1n) is 6.30. The van der Waals surface area contributed by atoms with Gasteiger partial charge < -0.3 is 15.7 Å². The van der Waals surface area contributed by atoms with E-state index in [0.29, 0.717) is 19.5 Å². The third kappa shape index (κ3) is 2.74. The Kier molecular flexibility index (Phi) is 3.50. The molecule has 0 spiro atoms. The normalized spacial score (nSPS) is 32.6. The number of nitrogens with zero attached hydrogens (tertiary/aromatic N) is 1. The molecule has 2 rings (SSSR count). The van der Waals surface area contributed by atoms with E-state index in [0.717, 1.165) is 12.3 Å². The van der Waals surface area contributed by atoms with Gasteiger partial charge >= 0.3 is 0 Å². The number of aliphatic hydroxyl groups excluding tert-OH is 1. The van der Waals surface area contributed by atoms with Gasteiger partial charge in [0.05, 0.1) is 12.1 Å². The van der Waals surface area contributed by atoms with E-state index in [1.54, 1.807) is 6.92 Å². The first-order valence-corrected chi connectivity index (χ1v) is 6.30. The van der Waals surface area contributed by atoms with E-state index >= 15 is 0 Å². The third-order valence-electron chi connectivity index (χ3n) is 3.73. The van der Waals surface area contributed by atoms with Gasteiger partial charge in [-0.1, -0.05) is 12.8 Å². The molecule has 4 nitrogen and oxygen atoms in total. The molecule has 2 fully saturated rings. The van der Waals surface area contributed by atoms with Crippen molar-refractivity contribution >= 4 is 5.91 Å². The Hall–Kier alpha value is -0.610. The van der Waals surface area contributed by atoms with Crippen molar-refractivity contribution in [2.24, 2.45) is 17.6 Å². The second kappa shape index (κ2) is 4.72. The summed E-state index contributed by atoms with van der Waals surface area (Å²) >= 11 is 0. The molecule has 0 aromatic heterocycles. The Morgan fingerprint density at radius 3 is 2.75 bits per heavy atom. The van der Waals surface area contributed by atoms with E-state index in [-0.39, 0.29) is 17.9 Å². The molecule has 3 atom stereocenters. The summed E-state index contributed by atoms with van der Waals surface area (Å²) in [5.41, 5.74) is 5.61. The molecule has 2 aliphatic rings. The SMILES string of the molecule is C[C@H](N)C(=O)N1CC[C@@H](O)[C@H](CC2CC2)C1. The van der Waals surface area contributed by atoms with Crippen molar-refractivity contribution < 1.29 is 9.90 Å². The van der Waals surface area contributed by atoms with Gasteiger partial charge in [0.25, 0.3) is 0 Å². The number of hydrogen-bond donors (Lipinski definition) is 2. The Morgan fingerprint density at radius 2 is 2.19 bits per heavy atom. The van der Waals surface area contributed by atoms with Gasteiger partial charge in [-0.2, -0.15) is 0 Å². The molecule has 1 aliphatic heterocycles. The summed E-state index contributed by atoms with van der Waals surface area (Å²) in [6.07, 6.45) is 4.15. The zero-order valence-electron chi connectivity index (χ0n) is 9.93. The number of rotatable bonds is 3. The van der Waals surface area contributed by atoms with Crippen molar-refractivity contribution in [1.29, 1.82) is 0 Å². The average Bonchev–Trinajstić information content (AvgIpc) is 3.04. The van der Waals surface area contributed by atoms with Gasteiger partial charge in [-0.3, -0.25) is 4.79 Å². The number of aliphatic hydroxyl groups is 1. The number of nitrogens with two attached hydrogens (primary N) is 1. The molecule has 16 heavy (non-hydrogen) atoms. The summed E-state index contributed by atoms with van der Waals surface area (Å²) in [7, 11) is 0. The summed E-state index contributed by atoms with van der Waals surface area (Å²) in [6.45, 7) is 3.07. The van der Waals surface area contributed by atoms with E-state index < -0.39 is 6.04 Å². The van der Waals surface area contributed by atoms with Crippen molar-refractivity contribution in [1.82, 2.24) is 4.90 Å². The number of carbonyl (C=O) groups excluding carboxylic acids is 1. The maximum absolute atomic E-state index is 11.8. The van der Waals surface area contributed by atoms with Crippen LogP contribution in [0.25, 0.3) is 0 Å². The molecular formula is C12H22N2O2. The Balaban J connectivity index is 1.90. The highest BCUT2D eigenvalue weighted by atomic mass is 16.3. The summed E-state index contributed by atoms with van der Waals surface area (Å²) in [5, 5.41) is 9.91. The van der Waals surface area contributed by atoms with Gasteiger partial charge in [-0.15, -0.1) is 0 Å². The van der Waals surface area contributed by atoms with Gasteiger partial charge in [0.1, 0.15) is 0 Å². The molecule has 1 saturated carbocycles. The van der Waals surface area contributed by atoms with Crippen LogP contribution in [-0.4, -0.2) is 41.1 Å². The fraction of sp³-hybridized carbons (Fsp3) is 0.917. The van der Waals surface area contributed by atoms with Crippen molar-refractivity contribution in [3.8, 4) is 0 Å². The second-order valence-electron chi connectivity index (χ2n) is 5.37. The van der Waals surface area contributed by atoms with Crippen molar-refractivity contribution in [2.75, 3.05) is 13.1 Å². The maximum atomic E-state index is 11.8. The van der Waals surface area contributed by atoms with Gasteiger partial charge in [0, 0.05) is 19.0 Å². The van der Waals surface area contributed by atoms with Gasteiger partial charge in [0.2, 0.25) is 5.91 Å². The van der Waals surface area contributed by atoms with Crippen LogP contribution in [0, 0.1) is 11.8 Å². The molecule has 0 aromatic rings. The van der Waals surface area contributed by atoms with Crippen LogP contribution >= 0.6 is 0 Å². The number of likely N-dealkylation sites (tertiary alicyclic amines) is 1. The molecule has 1 saturated heterocycles. The van der Waals surface area contributed by atoms with Crippen LogP contribution in [0.3, 0.4) is 0 Å². The predicted octanol–water partition coefficient (Wildman–Crippen LogP) is 0.343. The Labute approximate surface area is 96.8 Å². The predicted molar refractivity (Wildman–Crippen MR) is 61.7 cm³/mol. The largest absolute Gasteiger partial charge is 0.393 e. The highest BCUT2D eigenvalue weighted by Gasteiger charge is 2.35. The lowest BCUT2D eigenvalue weighted by Crippen LogP contribution is -2.50. The van der Waals surface area contributed by atoms with Crippen LogP contribution in [0.5, 0.6) is 0 Å². The fourth-order valence-electron chi connectivity index (χ4n) is 2.52. The number of piperidine rings is 1. The lowest BCUT2D eigenvalue weighted by Gasteiger charge is -2.37. The van der Waals surface area contributed by atoms with Crippen LogP contribution in [0.15, 0.2) is 0 Å². The minimum Gasteiger partial charge on any atom is -0.393 e. The average molecular weight is 226 g/mol. The standard InChI is InChI=1S/C12H22N2O2/c1-8(13)12(16)14-5-4-11(15)10(7-14)6-9-2-3-9/h8-11,15H,2-7,13H2,1H3/t8-,10+,11+/m0/s1. The molecule has 92 valence electrons. The monoisotopic (exact) mass is 226 g/mol. The molecule has 1 amide bonds. The summed E-state index contributed by atoms with van der Waals surface area (Å²) in [5.74, 6) is 1.08. The van der Waals surface area contributed by atoms with E-state index in [1.807, 2.05) is 4.90 Å². The van der Waals surface area contributed by atoms with Crippen LogP contribution in [-0.2, 0) is 4.79 Å². The minimum atomic E-state index is -0.420. The number of hydrogen-bond acceptors (Lipinski definition) is 3. The van der Waals surface area contributed by atoms with Crippen molar-refractivity contribution in [3.63, 3.8) is 0 Å². The molecule has 0 aromatic carbocycles. The smallest absolute Gasteiger partial charge is 0.239 e. The Bertz CT molecular complexity index is 264. The zero-order valence-corrected chi connectivity index (χ0v) is 9.93. The van der Waals surface area contributed by atoms with Crippen molar-refractivity contribution in [2.45, 2.75) is 44.8 Å². The van der Waals surface area contributed by atoms with Gasteiger partial charge in [-0.25, -0.2) is 0 Å². The quantitative estimate of drug-likeness (QED) is 0.729. The van der Waals surface area contributed by atoms with Gasteiger partial charge in [-0.05, 0) is 25.7 Å². The maximum Gasteiger partial charge on any atom is 0.239 e. The third-order valence-corrected chi connectivity index (χ3v) is 3.73. The Morgan fingerprint density at radius 1 is 1.50 bits per heavy atom. The minimum absolute atomic E-state index is 0.0210. The highest BCUT2D eigenvalue weighted by Crippen LogP contribution is 2.37. The summed E-state index contributed by atoms with van der Waals surface area (Å²) in [6, 6.07) is -0.420. The summed E-state index contributed by atoms with van der Waals surface area (Å²) in [4.78, 5) is 13.6. The molecule has 0 bridgehead atoms.